The Morgan fingerprint density at radius 1 is 1.38 bits per heavy atom. The molecule has 2 fully saturated rings. The number of halogens is 1. The molecule has 1 aromatic carbocycles. The van der Waals surface area contributed by atoms with Crippen molar-refractivity contribution in [1.82, 2.24) is 0 Å². The topological polar surface area (TPSA) is 38.7 Å². The van der Waals surface area contributed by atoms with Crippen molar-refractivity contribution in [3.8, 4) is 5.75 Å². The lowest BCUT2D eigenvalue weighted by Crippen LogP contribution is -2.21. The van der Waals surface area contributed by atoms with E-state index in [4.69, 9.17) is 16.3 Å². The molecule has 0 amide bonds. The van der Waals surface area contributed by atoms with Gasteiger partial charge in [-0.25, -0.2) is 4.79 Å². The number of carbonyl (C=O) groups excluding carboxylic acids is 1. The summed E-state index contributed by atoms with van der Waals surface area (Å²) in [5, 5.41) is 0.623. The van der Waals surface area contributed by atoms with Crippen molar-refractivity contribution in [2.75, 3.05) is 6.61 Å². The number of hydrogen-bond acceptors (Lipinski definition) is 3. The Balaban J connectivity index is 2.03. The van der Waals surface area contributed by atoms with Gasteiger partial charge in [0.2, 0.25) is 6.08 Å². The van der Waals surface area contributed by atoms with Gasteiger partial charge in [-0.15, -0.1) is 0 Å². The molecule has 0 heterocycles. The van der Waals surface area contributed by atoms with E-state index in [9.17, 15) is 4.79 Å². The highest BCUT2D eigenvalue weighted by atomic mass is 35.5. The van der Waals surface area contributed by atoms with Crippen LogP contribution in [0.5, 0.6) is 5.75 Å². The summed E-state index contributed by atoms with van der Waals surface area (Å²) in [6.45, 7) is 2.71. The Bertz CT molecular complexity index is 583. The fourth-order valence-electron chi connectivity index (χ4n) is 3.20. The Labute approximate surface area is 130 Å². The summed E-state index contributed by atoms with van der Waals surface area (Å²) >= 11 is 6.41. The van der Waals surface area contributed by atoms with Gasteiger partial charge in [0.05, 0.1) is 11.6 Å². The smallest absolute Gasteiger partial charge is 0.235 e. The largest absolute Gasteiger partial charge is 0.491 e. The number of hydrogen-bond donors (Lipinski definition) is 0. The quantitative estimate of drug-likeness (QED) is 0.591. The molecule has 0 N–H and O–H groups in total. The fourth-order valence-corrected chi connectivity index (χ4v) is 3.52. The molecule has 2 aliphatic carbocycles. The average Bonchev–Trinajstić information content (AvgIpc) is 3.15. The fraction of sp³-hybridized carbons (Fsp3) is 0.588. The molecule has 3 nitrogen and oxygen atoms in total. The van der Waals surface area contributed by atoms with Crippen LogP contribution in [0.15, 0.2) is 17.1 Å². The van der Waals surface area contributed by atoms with Gasteiger partial charge >= 0.3 is 0 Å². The second kappa shape index (κ2) is 5.82. The van der Waals surface area contributed by atoms with E-state index in [0.717, 1.165) is 42.6 Å². The van der Waals surface area contributed by atoms with Gasteiger partial charge in [-0.1, -0.05) is 24.4 Å². The zero-order valence-corrected chi connectivity index (χ0v) is 13.1. The van der Waals surface area contributed by atoms with Crippen molar-refractivity contribution in [1.29, 1.82) is 0 Å². The van der Waals surface area contributed by atoms with Crippen LogP contribution >= 0.6 is 11.6 Å². The predicted molar refractivity (Wildman–Crippen MR) is 82.7 cm³/mol. The van der Waals surface area contributed by atoms with E-state index in [2.05, 4.69) is 11.1 Å². The Kier molecular flexibility index (Phi) is 4.05. The Hall–Kier alpha value is -1.31. The Morgan fingerprint density at radius 2 is 2.10 bits per heavy atom. The van der Waals surface area contributed by atoms with Crippen molar-refractivity contribution in [3.63, 3.8) is 0 Å². The molecule has 112 valence electrons. The van der Waals surface area contributed by atoms with E-state index in [-0.39, 0.29) is 0 Å². The summed E-state index contributed by atoms with van der Waals surface area (Å²) in [4.78, 5) is 15.1. The molecule has 1 aromatic rings. The highest BCUT2D eigenvalue weighted by Crippen LogP contribution is 2.48. The van der Waals surface area contributed by atoms with E-state index in [1.54, 1.807) is 6.08 Å². The van der Waals surface area contributed by atoms with Crippen LogP contribution in [0.2, 0.25) is 5.02 Å². The molecule has 0 radical (unpaired) electrons. The minimum atomic E-state index is -0.490. The number of ether oxygens (including phenoxy) is 1. The lowest BCUT2D eigenvalue weighted by Gasteiger charge is -2.26. The van der Waals surface area contributed by atoms with Gasteiger partial charge < -0.3 is 4.74 Å². The van der Waals surface area contributed by atoms with Crippen molar-refractivity contribution < 1.29 is 9.53 Å². The van der Waals surface area contributed by atoms with Crippen LogP contribution in [0.3, 0.4) is 0 Å². The van der Waals surface area contributed by atoms with E-state index in [0.29, 0.717) is 17.5 Å². The van der Waals surface area contributed by atoms with Crippen molar-refractivity contribution in [2.45, 2.75) is 51.0 Å². The van der Waals surface area contributed by atoms with Gasteiger partial charge in [-0.3, -0.25) is 0 Å². The first-order valence-electron chi connectivity index (χ1n) is 7.67. The highest BCUT2D eigenvalue weighted by Gasteiger charge is 2.39. The van der Waals surface area contributed by atoms with Crippen LogP contribution in [0, 0.1) is 12.8 Å². The molecular formula is C17H20ClNO2. The van der Waals surface area contributed by atoms with Crippen LogP contribution in [0.1, 0.15) is 49.7 Å². The molecule has 0 bridgehead atoms. The second-order valence-corrected chi connectivity index (χ2v) is 6.73. The van der Waals surface area contributed by atoms with Crippen LogP contribution in [0.4, 0.5) is 0 Å². The predicted octanol–water partition coefficient (Wildman–Crippen LogP) is 4.54. The van der Waals surface area contributed by atoms with Gasteiger partial charge in [-0.05, 0) is 56.2 Å². The van der Waals surface area contributed by atoms with E-state index in [1.165, 1.54) is 12.8 Å². The summed E-state index contributed by atoms with van der Waals surface area (Å²) in [7, 11) is 0. The van der Waals surface area contributed by atoms with Crippen LogP contribution in [-0.4, -0.2) is 12.7 Å². The maximum Gasteiger partial charge on any atom is 0.235 e. The molecular weight excluding hydrogens is 286 g/mol. The number of nitrogens with zero attached hydrogens (tertiary/aromatic N) is 1. The number of aliphatic imine (C=N–C) groups is 1. The maximum atomic E-state index is 10.9. The summed E-state index contributed by atoms with van der Waals surface area (Å²) < 4.78 is 6.01. The van der Waals surface area contributed by atoms with E-state index >= 15 is 0 Å². The zero-order chi connectivity index (χ0) is 14.9. The summed E-state index contributed by atoms with van der Waals surface area (Å²) in [5.74, 6) is 1.37. The molecule has 4 heteroatoms. The SMILES string of the molecule is Cc1cc(Cl)c(OCC2CC2)c(C2(N=C=O)CCCC2)c1. The first-order chi connectivity index (χ1) is 10.1. The third kappa shape index (κ3) is 3.00. The molecule has 21 heavy (non-hydrogen) atoms. The lowest BCUT2D eigenvalue weighted by atomic mass is 9.87. The number of aryl methyl sites for hydroxylation is 1. The summed E-state index contributed by atoms with van der Waals surface area (Å²) in [6, 6.07) is 3.99. The average molecular weight is 306 g/mol. The molecule has 3 rings (SSSR count). The summed E-state index contributed by atoms with van der Waals surface area (Å²) in [6.07, 6.45) is 8.10. The molecule has 0 spiro atoms. The molecule has 0 aromatic heterocycles. The Morgan fingerprint density at radius 3 is 2.71 bits per heavy atom. The van der Waals surface area contributed by atoms with E-state index < -0.39 is 5.54 Å². The number of isocyanates is 1. The standard InChI is InChI=1S/C17H20ClNO2/c1-12-8-14(17(19-11-20)6-2-3-7-17)16(15(18)9-12)21-10-13-4-5-13/h8-9,13H,2-7,10H2,1H3. The maximum absolute atomic E-state index is 10.9. The highest BCUT2D eigenvalue weighted by molar-refractivity contribution is 6.32. The van der Waals surface area contributed by atoms with Crippen molar-refractivity contribution in [2.24, 2.45) is 10.9 Å². The van der Waals surface area contributed by atoms with Gasteiger partial charge in [-0.2, -0.15) is 4.99 Å². The minimum Gasteiger partial charge on any atom is -0.491 e. The third-order valence-corrected chi connectivity index (χ3v) is 4.82. The minimum absolute atomic E-state index is 0.490. The second-order valence-electron chi connectivity index (χ2n) is 6.32. The normalized spacial score (nSPS) is 20.1. The molecule has 0 unspecified atom stereocenters. The zero-order valence-electron chi connectivity index (χ0n) is 12.3. The van der Waals surface area contributed by atoms with Crippen molar-refractivity contribution in [3.05, 3.63) is 28.3 Å². The van der Waals surface area contributed by atoms with Gasteiger partial charge in [0.1, 0.15) is 11.3 Å². The van der Waals surface area contributed by atoms with E-state index in [1.807, 2.05) is 13.0 Å². The number of benzene rings is 1. The molecule has 0 aliphatic heterocycles. The first-order valence-corrected chi connectivity index (χ1v) is 8.05. The molecule has 2 saturated carbocycles. The van der Waals surface area contributed by atoms with Crippen molar-refractivity contribution >= 4 is 17.7 Å². The van der Waals surface area contributed by atoms with Gasteiger partial charge in [0, 0.05) is 5.56 Å². The third-order valence-electron chi connectivity index (χ3n) is 4.54. The lowest BCUT2D eigenvalue weighted by molar-refractivity contribution is 0.288. The molecule has 0 saturated heterocycles. The monoisotopic (exact) mass is 305 g/mol. The van der Waals surface area contributed by atoms with Crippen LogP contribution in [0.25, 0.3) is 0 Å². The van der Waals surface area contributed by atoms with Gasteiger partial charge in [0.15, 0.2) is 0 Å². The van der Waals surface area contributed by atoms with Crippen LogP contribution < -0.4 is 4.74 Å². The molecule has 2 aliphatic rings. The van der Waals surface area contributed by atoms with Crippen LogP contribution in [-0.2, 0) is 10.3 Å². The first kappa shape index (κ1) is 14.6. The summed E-state index contributed by atoms with van der Waals surface area (Å²) in [5.41, 5.74) is 1.55. The van der Waals surface area contributed by atoms with Gasteiger partial charge in [0.25, 0.3) is 0 Å². The molecule has 0 atom stereocenters. The number of rotatable bonds is 5.